The van der Waals surface area contributed by atoms with Crippen molar-refractivity contribution in [2.24, 2.45) is 0 Å². The number of nitrogens with zero attached hydrogens (tertiary/aromatic N) is 1. The minimum atomic E-state index is -0.371. The van der Waals surface area contributed by atoms with E-state index in [2.05, 4.69) is 33.8 Å². The molecule has 2 aromatic carbocycles. The van der Waals surface area contributed by atoms with Crippen LogP contribution in [0.2, 0.25) is 0 Å². The number of furan rings is 1. The van der Waals surface area contributed by atoms with Gasteiger partial charge >= 0.3 is 0 Å². The maximum absolute atomic E-state index is 12.5. The number of rotatable bonds is 5. The van der Waals surface area contributed by atoms with Gasteiger partial charge in [0.05, 0.1) is 18.4 Å². The van der Waals surface area contributed by atoms with Gasteiger partial charge in [-0.1, -0.05) is 30.3 Å². The third-order valence-corrected chi connectivity index (χ3v) is 5.74. The molecule has 0 aliphatic heterocycles. The molecule has 0 atom stereocenters. The van der Waals surface area contributed by atoms with Gasteiger partial charge in [-0.2, -0.15) is 0 Å². The van der Waals surface area contributed by atoms with Crippen LogP contribution in [0, 0.1) is 0 Å². The van der Waals surface area contributed by atoms with Crippen molar-refractivity contribution in [1.29, 1.82) is 0 Å². The molecule has 0 unspecified atom stereocenters. The highest BCUT2D eigenvalue weighted by molar-refractivity contribution is 7.14. The quantitative estimate of drug-likeness (QED) is 0.434. The van der Waals surface area contributed by atoms with E-state index in [4.69, 9.17) is 4.42 Å². The number of anilines is 2. The molecule has 0 fully saturated rings. The van der Waals surface area contributed by atoms with E-state index in [0.717, 1.165) is 12.1 Å². The fourth-order valence-electron chi connectivity index (χ4n) is 3.60. The lowest BCUT2D eigenvalue weighted by atomic mass is 10.1. The van der Waals surface area contributed by atoms with Crippen LogP contribution in [-0.2, 0) is 17.6 Å². The van der Waals surface area contributed by atoms with Crippen LogP contribution < -0.4 is 10.6 Å². The van der Waals surface area contributed by atoms with Crippen LogP contribution in [-0.4, -0.2) is 16.8 Å². The summed E-state index contributed by atoms with van der Waals surface area (Å²) in [5.41, 5.74) is 6.37. The summed E-state index contributed by atoms with van der Waals surface area (Å²) >= 11 is 1.27. The number of amides is 2. The van der Waals surface area contributed by atoms with E-state index >= 15 is 0 Å². The Kier molecular flexibility index (Phi) is 4.65. The molecule has 2 heterocycles. The van der Waals surface area contributed by atoms with Crippen molar-refractivity contribution in [3.05, 3.63) is 88.8 Å². The smallest absolute Gasteiger partial charge is 0.293 e. The van der Waals surface area contributed by atoms with Crippen molar-refractivity contribution in [2.75, 3.05) is 10.6 Å². The summed E-state index contributed by atoms with van der Waals surface area (Å²) in [6, 6.07) is 17.6. The van der Waals surface area contributed by atoms with E-state index in [-0.39, 0.29) is 24.0 Å². The van der Waals surface area contributed by atoms with E-state index in [1.54, 1.807) is 17.5 Å². The molecule has 6 nitrogen and oxygen atoms in total. The zero-order valence-corrected chi connectivity index (χ0v) is 16.7. The molecule has 1 aliphatic rings. The van der Waals surface area contributed by atoms with Gasteiger partial charge in [-0.25, -0.2) is 4.98 Å². The lowest BCUT2D eigenvalue weighted by Crippen LogP contribution is -2.15. The maximum atomic E-state index is 12.5. The molecule has 0 spiro atoms. The van der Waals surface area contributed by atoms with Crippen LogP contribution in [0.1, 0.15) is 27.4 Å². The van der Waals surface area contributed by atoms with E-state index in [9.17, 15) is 9.59 Å². The first-order chi connectivity index (χ1) is 14.7. The van der Waals surface area contributed by atoms with Crippen molar-refractivity contribution >= 4 is 34.0 Å². The Balaban J connectivity index is 1.22. The maximum Gasteiger partial charge on any atom is 0.293 e. The van der Waals surface area contributed by atoms with Gasteiger partial charge < -0.3 is 9.73 Å². The third-order valence-electron chi connectivity index (χ3n) is 4.94. The summed E-state index contributed by atoms with van der Waals surface area (Å²) in [5, 5.41) is 7.80. The number of benzene rings is 2. The molecule has 7 heteroatoms. The fourth-order valence-corrected chi connectivity index (χ4v) is 4.31. The number of hydrogen-bond donors (Lipinski definition) is 2. The van der Waals surface area contributed by atoms with Crippen molar-refractivity contribution in [3.63, 3.8) is 0 Å². The van der Waals surface area contributed by atoms with Gasteiger partial charge in [0.25, 0.3) is 5.91 Å². The number of carbonyl (C=O) groups is 2. The zero-order valence-electron chi connectivity index (χ0n) is 15.8. The lowest BCUT2D eigenvalue weighted by molar-refractivity contribution is -0.115. The third kappa shape index (κ3) is 3.62. The standard InChI is InChI=1S/C23H17N3O3S/c27-21(12-17-13-30-23(25-17)26-22(28)20-6-3-9-29-20)24-16-7-8-19-15(11-16)10-14-4-1-2-5-18(14)19/h1-9,11,13H,10,12H2,(H,24,27)(H,25,26,28). The monoisotopic (exact) mass is 415 g/mol. The molecule has 2 aromatic heterocycles. The first-order valence-electron chi connectivity index (χ1n) is 9.46. The molecule has 148 valence electrons. The summed E-state index contributed by atoms with van der Waals surface area (Å²) in [6.07, 6.45) is 2.44. The Morgan fingerprint density at radius 1 is 1.00 bits per heavy atom. The summed E-state index contributed by atoms with van der Waals surface area (Å²) in [7, 11) is 0. The second-order valence-electron chi connectivity index (χ2n) is 7.01. The van der Waals surface area contributed by atoms with Crippen LogP contribution in [0.3, 0.4) is 0 Å². The number of carbonyl (C=O) groups excluding carboxylic acids is 2. The summed E-state index contributed by atoms with van der Waals surface area (Å²) < 4.78 is 5.06. The minimum Gasteiger partial charge on any atom is -0.459 e. The first kappa shape index (κ1) is 18.3. The lowest BCUT2D eigenvalue weighted by Gasteiger charge is -2.07. The highest BCUT2D eigenvalue weighted by Crippen LogP contribution is 2.37. The van der Waals surface area contributed by atoms with Crippen LogP contribution in [0.4, 0.5) is 10.8 Å². The number of nitrogens with one attached hydrogen (secondary N) is 2. The predicted octanol–water partition coefficient (Wildman–Crippen LogP) is 4.74. The van der Waals surface area contributed by atoms with Crippen LogP contribution in [0.15, 0.2) is 70.7 Å². The summed E-state index contributed by atoms with van der Waals surface area (Å²) in [6.45, 7) is 0. The van der Waals surface area contributed by atoms with Gasteiger partial charge in [0.1, 0.15) is 0 Å². The van der Waals surface area contributed by atoms with Crippen molar-refractivity contribution in [3.8, 4) is 11.1 Å². The first-order valence-corrected chi connectivity index (χ1v) is 10.3. The number of thiazole rings is 1. The van der Waals surface area contributed by atoms with Gasteiger partial charge in [0, 0.05) is 11.1 Å². The Morgan fingerprint density at radius 2 is 1.87 bits per heavy atom. The second kappa shape index (κ2) is 7.61. The molecular formula is C23H17N3O3S. The predicted molar refractivity (Wildman–Crippen MR) is 116 cm³/mol. The zero-order chi connectivity index (χ0) is 20.5. The average molecular weight is 415 g/mol. The van der Waals surface area contributed by atoms with Crippen molar-refractivity contribution in [1.82, 2.24) is 4.98 Å². The Morgan fingerprint density at radius 3 is 2.73 bits per heavy atom. The molecular weight excluding hydrogens is 398 g/mol. The van der Waals surface area contributed by atoms with E-state index in [0.29, 0.717) is 10.8 Å². The minimum absolute atomic E-state index is 0.129. The van der Waals surface area contributed by atoms with Gasteiger partial charge in [-0.3, -0.25) is 14.9 Å². The van der Waals surface area contributed by atoms with Crippen LogP contribution >= 0.6 is 11.3 Å². The van der Waals surface area contributed by atoms with Crippen molar-refractivity contribution in [2.45, 2.75) is 12.8 Å². The normalized spacial score (nSPS) is 11.6. The number of aromatic nitrogens is 1. The Hall–Kier alpha value is -3.71. The molecule has 0 bridgehead atoms. The summed E-state index contributed by atoms with van der Waals surface area (Å²) in [4.78, 5) is 28.8. The van der Waals surface area contributed by atoms with Gasteiger partial charge in [0.2, 0.25) is 5.91 Å². The van der Waals surface area contributed by atoms with E-state index in [1.807, 2.05) is 24.3 Å². The molecule has 2 N–H and O–H groups in total. The molecule has 30 heavy (non-hydrogen) atoms. The van der Waals surface area contributed by atoms with E-state index in [1.165, 1.54) is 39.9 Å². The van der Waals surface area contributed by atoms with Gasteiger partial charge in [-0.15, -0.1) is 11.3 Å². The fraction of sp³-hybridized carbons (Fsp3) is 0.0870. The molecule has 1 aliphatic carbocycles. The Bertz CT molecular complexity index is 1240. The number of fused-ring (bicyclic) bond motifs is 3. The van der Waals surface area contributed by atoms with Crippen LogP contribution in [0.25, 0.3) is 11.1 Å². The highest BCUT2D eigenvalue weighted by Gasteiger charge is 2.18. The van der Waals surface area contributed by atoms with Gasteiger partial charge in [-0.05, 0) is 52.9 Å². The summed E-state index contributed by atoms with van der Waals surface area (Å²) in [5.74, 6) is -0.313. The molecule has 2 amide bonds. The van der Waals surface area contributed by atoms with E-state index < -0.39 is 0 Å². The SMILES string of the molecule is O=C(Cc1csc(NC(=O)c2ccco2)n1)Nc1ccc2c(c1)Cc1ccccc1-2. The number of hydrogen-bond acceptors (Lipinski definition) is 5. The molecule has 0 saturated heterocycles. The van der Waals surface area contributed by atoms with Crippen molar-refractivity contribution < 1.29 is 14.0 Å². The molecule has 0 radical (unpaired) electrons. The Labute approximate surface area is 176 Å². The molecule has 0 saturated carbocycles. The second-order valence-corrected chi connectivity index (χ2v) is 7.86. The largest absolute Gasteiger partial charge is 0.459 e. The average Bonchev–Trinajstić information content (AvgIpc) is 3.47. The molecule has 5 rings (SSSR count). The molecule has 4 aromatic rings. The van der Waals surface area contributed by atoms with Crippen LogP contribution in [0.5, 0.6) is 0 Å². The highest BCUT2D eigenvalue weighted by atomic mass is 32.1. The van der Waals surface area contributed by atoms with Gasteiger partial charge in [0.15, 0.2) is 10.9 Å². The topological polar surface area (TPSA) is 84.2 Å².